The molecule has 1 aromatic carbocycles. The van der Waals surface area contributed by atoms with Crippen LogP contribution in [0.1, 0.15) is 53.2 Å². The van der Waals surface area contributed by atoms with Crippen molar-refractivity contribution in [1.82, 2.24) is 20.5 Å². The van der Waals surface area contributed by atoms with Crippen LogP contribution in [0.5, 0.6) is 0 Å². The summed E-state index contributed by atoms with van der Waals surface area (Å²) in [5.74, 6) is -0.865. The summed E-state index contributed by atoms with van der Waals surface area (Å²) in [7, 11) is 0. The van der Waals surface area contributed by atoms with Gasteiger partial charge in [-0.1, -0.05) is 0 Å². The van der Waals surface area contributed by atoms with Crippen LogP contribution in [0.3, 0.4) is 0 Å². The molecule has 0 spiro atoms. The summed E-state index contributed by atoms with van der Waals surface area (Å²) in [4.78, 5) is 30.8. The van der Waals surface area contributed by atoms with Crippen molar-refractivity contribution in [2.45, 2.75) is 50.4 Å². The minimum atomic E-state index is -0.662. The number of rotatable bonds is 6. The van der Waals surface area contributed by atoms with Crippen molar-refractivity contribution in [3.8, 4) is 0 Å². The molecule has 3 aliphatic rings. The molecule has 1 aliphatic carbocycles. The Balaban J connectivity index is 0.00000178. The number of benzene rings is 1. The number of halogens is 5. The maximum atomic E-state index is 14.5. The topological polar surface area (TPSA) is 124 Å². The van der Waals surface area contributed by atoms with Gasteiger partial charge in [0.1, 0.15) is 17.5 Å². The Bertz CT molecular complexity index is 1170. The zero-order valence-corrected chi connectivity index (χ0v) is 23.6. The van der Waals surface area contributed by atoms with Crippen LogP contribution in [0, 0.1) is 11.6 Å². The normalized spacial score (nSPS) is 22.4. The number of fused-ring (bicyclic) bond motifs is 1. The van der Waals surface area contributed by atoms with Crippen molar-refractivity contribution in [1.29, 1.82) is 0 Å². The lowest BCUT2D eigenvalue weighted by atomic mass is 10.0. The summed E-state index contributed by atoms with van der Waals surface area (Å²) in [6, 6.07) is 3.60. The molecule has 0 saturated carbocycles. The van der Waals surface area contributed by atoms with E-state index in [1.165, 1.54) is 6.20 Å². The van der Waals surface area contributed by atoms with E-state index in [9.17, 15) is 18.4 Å². The quantitative estimate of drug-likeness (QED) is 0.341. The number of piperidine rings is 1. The number of pyridine rings is 1. The van der Waals surface area contributed by atoms with Gasteiger partial charge < -0.3 is 26.6 Å². The highest BCUT2D eigenvalue weighted by Gasteiger charge is 2.31. The molecule has 5 rings (SSSR count). The molecule has 216 valence electrons. The molecule has 3 heterocycles. The van der Waals surface area contributed by atoms with Crippen LogP contribution >= 0.6 is 37.2 Å². The van der Waals surface area contributed by atoms with E-state index in [0.29, 0.717) is 49.4 Å². The van der Waals surface area contributed by atoms with Crippen LogP contribution in [-0.4, -0.2) is 60.1 Å². The number of nitrogens with zero attached hydrogens (tertiary/aromatic N) is 2. The fraction of sp³-hybridized carbons (Fsp3) is 0.480. The molecule has 14 heteroatoms. The Hall–Kier alpha value is -2.44. The lowest BCUT2D eigenvalue weighted by Gasteiger charge is -2.37. The highest BCUT2D eigenvalue weighted by molar-refractivity contribution is 5.98. The fourth-order valence-electron chi connectivity index (χ4n) is 5.44. The SMILES string of the molecule is Cl.Cl.Cl.NC(=O)c1cnc(NC2CCC(N3CCNCCC3=O)CN2)cc1NC1CCc2c(F)ccc(F)c21. The number of nitrogens with one attached hydrogen (secondary N) is 4. The van der Waals surface area contributed by atoms with Crippen LogP contribution in [0.15, 0.2) is 24.4 Å². The molecular formula is C25H34Cl3F2N7O2. The molecule has 6 N–H and O–H groups in total. The molecule has 3 atom stereocenters. The van der Waals surface area contributed by atoms with Crippen molar-refractivity contribution in [3.63, 3.8) is 0 Å². The Morgan fingerprint density at radius 2 is 1.82 bits per heavy atom. The maximum Gasteiger partial charge on any atom is 0.252 e. The first-order chi connectivity index (χ1) is 17.4. The molecule has 2 saturated heterocycles. The smallest absolute Gasteiger partial charge is 0.252 e. The van der Waals surface area contributed by atoms with E-state index in [1.54, 1.807) is 6.07 Å². The summed E-state index contributed by atoms with van der Waals surface area (Å²) in [5.41, 5.74) is 6.80. The van der Waals surface area contributed by atoms with Gasteiger partial charge in [-0.05, 0) is 43.4 Å². The number of amides is 2. The molecule has 2 fully saturated rings. The highest BCUT2D eigenvalue weighted by atomic mass is 35.5. The van der Waals surface area contributed by atoms with Crippen molar-refractivity contribution in [2.24, 2.45) is 5.73 Å². The van der Waals surface area contributed by atoms with E-state index < -0.39 is 23.6 Å². The number of nitrogens with two attached hydrogens (primary N) is 1. The second-order valence-electron chi connectivity index (χ2n) is 9.56. The minimum absolute atomic E-state index is 0. The molecule has 3 unspecified atom stereocenters. The second-order valence-corrected chi connectivity index (χ2v) is 9.56. The first kappa shape index (κ1) is 32.8. The van der Waals surface area contributed by atoms with Gasteiger partial charge in [-0.15, -0.1) is 37.2 Å². The van der Waals surface area contributed by atoms with E-state index in [1.807, 2.05) is 4.90 Å². The van der Waals surface area contributed by atoms with Crippen LogP contribution in [0.4, 0.5) is 20.3 Å². The lowest BCUT2D eigenvalue weighted by molar-refractivity contribution is -0.133. The van der Waals surface area contributed by atoms with Crippen molar-refractivity contribution < 1.29 is 18.4 Å². The Kier molecular flexibility index (Phi) is 12.0. The van der Waals surface area contributed by atoms with E-state index >= 15 is 0 Å². The molecule has 0 bridgehead atoms. The van der Waals surface area contributed by atoms with Gasteiger partial charge in [-0.2, -0.15) is 0 Å². The standard InChI is InChI=1S/C25H31F2N7O2.3ClH/c26-17-3-4-18(27)24-15(17)2-5-19(24)32-20-11-22(31-13-16(20)25(28)36)33-21-6-1-14(12-30-21)34-10-9-29-8-7-23(34)35;;;/h3-4,11,13-14,19,21,29-30H,1-2,5-10,12H2,(H2,28,36)(H2,31,32,33);3*1H. The molecule has 39 heavy (non-hydrogen) atoms. The van der Waals surface area contributed by atoms with Crippen LogP contribution in [0.2, 0.25) is 0 Å². The van der Waals surface area contributed by atoms with Crippen molar-refractivity contribution in [3.05, 3.63) is 52.7 Å². The van der Waals surface area contributed by atoms with Gasteiger partial charge in [0.15, 0.2) is 0 Å². The van der Waals surface area contributed by atoms with E-state index in [4.69, 9.17) is 5.73 Å². The van der Waals surface area contributed by atoms with Crippen molar-refractivity contribution in [2.75, 3.05) is 36.8 Å². The molecule has 2 amide bonds. The summed E-state index contributed by atoms with van der Waals surface area (Å²) in [6.07, 6.45) is 4.37. The van der Waals surface area contributed by atoms with E-state index in [0.717, 1.165) is 38.1 Å². The number of hydrogen-bond donors (Lipinski definition) is 5. The van der Waals surface area contributed by atoms with Gasteiger partial charge in [-0.3, -0.25) is 14.9 Å². The molecule has 0 radical (unpaired) electrons. The molecular weight excluding hydrogens is 575 g/mol. The van der Waals surface area contributed by atoms with E-state index in [-0.39, 0.29) is 66.5 Å². The zero-order chi connectivity index (χ0) is 25.2. The zero-order valence-electron chi connectivity index (χ0n) is 21.2. The third-order valence-electron chi connectivity index (χ3n) is 7.29. The monoisotopic (exact) mass is 607 g/mol. The Morgan fingerprint density at radius 3 is 2.54 bits per heavy atom. The van der Waals surface area contributed by atoms with Gasteiger partial charge >= 0.3 is 0 Å². The summed E-state index contributed by atoms with van der Waals surface area (Å²) in [6.45, 7) is 2.90. The molecule has 1 aromatic heterocycles. The third-order valence-corrected chi connectivity index (χ3v) is 7.29. The number of aromatic nitrogens is 1. The average Bonchev–Trinajstić information content (AvgIpc) is 3.17. The third kappa shape index (κ3) is 7.20. The maximum absolute atomic E-state index is 14.5. The largest absolute Gasteiger partial charge is 0.377 e. The predicted octanol–water partition coefficient (Wildman–Crippen LogP) is 3.14. The van der Waals surface area contributed by atoms with Gasteiger partial charge in [0.05, 0.1) is 23.5 Å². The molecule has 2 aliphatic heterocycles. The predicted molar refractivity (Wildman–Crippen MR) is 153 cm³/mol. The lowest BCUT2D eigenvalue weighted by Crippen LogP contribution is -2.54. The summed E-state index contributed by atoms with van der Waals surface area (Å²) < 4.78 is 28.7. The number of primary amides is 1. The highest BCUT2D eigenvalue weighted by Crippen LogP contribution is 2.38. The molecule has 2 aromatic rings. The minimum Gasteiger partial charge on any atom is -0.377 e. The van der Waals surface area contributed by atoms with Crippen LogP contribution in [0.25, 0.3) is 0 Å². The first-order valence-corrected chi connectivity index (χ1v) is 12.4. The van der Waals surface area contributed by atoms with Crippen LogP contribution < -0.4 is 27.0 Å². The Labute approximate surface area is 244 Å². The van der Waals surface area contributed by atoms with Gasteiger partial charge in [-0.25, -0.2) is 13.8 Å². The Morgan fingerprint density at radius 1 is 1.05 bits per heavy atom. The fourth-order valence-corrected chi connectivity index (χ4v) is 5.44. The van der Waals surface area contributed by atoms with Crippen molar-refractivity contribution >= 4 is 60.5 Å². The average molecular weight is 609 g/mol. The number of carbonyl (C=O) groups is 2. The van der Waals surface area contributed by atoms with Crippen LogP contribution in [-0.2, 0) is 11.2 Å². The number of carbonyl (C=O) groups excluding carboxylic acids is 2. The second kappa shape index (κ2) is 14.3. The first-order valence-electron chi connectivity index (χ1n) is 12.4. The number of hydrogen-bond acceptors (Lipinski definition) is 7. The van der Waals surface area contributed by atoms with Gasteiger partial charge in [0.2, 0.25) is 5.91 Å². The number of anilines is 2. The molecule has 9 nitrogen and oxygen atoms in total. The van der Waals surface area contributed by atoms with E-state index in [2.05, 4.69) is 26.3 Å². The summed E-state index contributed by atoms with van der Waals surface area (Å²) >= 11 is 0. The van der Waals surface area contributed by atoms with Gasteiger partial charge in [0.25, 0.3) is 5.91 Å². The summed E-state index contributed by atoms with van der Waals surface area (Å²) in [5, 5.41) is 13.2. The van der Waals surface area contributed by atoms with Gasteiger partial charge in [0, 0.05) is 56.5 Å².